The number of aromatic nitrogens is 4. The number of H-pyrrole nitrogens is 1. The highest BCUT2D eigenvalue weighted by Crippen LogP contribution is 2.18. The fraction of sp³-hybridized carbons (Fsp3) is 0.364. The van der Waals surface area contributed by atoms with E-state index in [-0.39, 0.29) is 6.04 Å². The molecule has 0 aliphatic heterocycles. The summed E-state index contributed by atoms with van der Waals surface area (Å²) in [4.78, 5) is 8.38. The van der Waals surface area contributed by atoms with E-state index in [1.807, 2.05) is 13.1 Å². The summed E-state index contributed by atoms with van der Waals surface area (Å²) in [5, 5.41) is 10.3. The predicted octanol–water partition coefficient (Wildman–Crippen LogP) is 2.17. The van der Waals surface area contributed by atoms with Crippen molar-refractivity contribution in [2.45, 2.75) is 19.6 Å². The molecule has 0 aromatic carbocycles. The number of hydrogen-bond acceptors (Lipinski definition) is 5. The zero-order chi connectivity index (χ0) is 13.0. The average molecular weight is 268 g/mol. The molecule has 0 fully saturated rings. The van der Waals surface area contributed by atoms with E-state index in [0.717, 1.165) is 5.56 Å². The lowest BCUT2D eigenvalue weighted by molar-refractivity contribution is 0.178. The molecule has 6 nitrogen and oxygen atoms in total. The van der Waals surface area contributed by atoms with E-state index in [1.165, 1.54) is 0 Å². The van der Waals surface area contributed by atoms with Gasteiger partial charge in [-0.2, -0.15) is 5.10 Å². The molecule has 0 spiro atoms. The summed E-state index contributed by atoms with van der Waals surface area (Å²) in [6, 6.07) is 1.75. The quantitative estimate of drug-likeness (QED) is 0.812. The molecular weight excluding hydrogens is 254 g/mol. The summed E-state index contributed by atoms with van der Waals surface area (Å²) >= 11 is 5.93. The Bertz CT molecular complexity index is 502. The fourth-order valence-electron chi connectivity index (χ4n) is 1.54. The van der Waals surface area contributed by atoms with Crippen LogP contribution >= 0.6 is 11.6 Å². The number of ether oxygens (including phenoxy) is 1. The second-order valence-electron chi connectivity index (χ2n) is 3.82. The van der Waals surface area contributed by atoms with Crippen LogP contribution in [0.3, 0.4) is 0 Å². The molecule has 1 unspecified atom stereocenters. The van der Waals surface area contributed by atoms with Crippen molar-refractivity contribution in [3.8, 4) is 0 Å². The number of methoxy groups -OCH3 is 1. The lowest BCUT2D eigenvalue weighted by Gasteiger charge is -2.13. The van der Waals surface area contributed by atoms with Gasteiger partial charge < -0.3 is 10.1 Å². The van der Waals surface area contributed by atoms with Gasteiger partial charge in [-0.1, -0.05) is 11.6 Å². The van der Waals surface area contributed by atoms with Gasteiger partial charge in [0.1, 0.15) is 17.6 Å². The Morgan fingerprint density at radius 1 is 1.50 bits per heavy atom. The van der Waals surface area contributed by atoms with E-state index in [0.29, 0.717) is 23.4 Å². The summed E-state index contributed by atoms with van der Waals surface area (Å²) in [6.45, 7) is 2.34. The third-order valence-electron chi connectivity index (χ3n) is 2.40. The topological polar surface area (TPSA) is 75.7 Å². The van der Waals surface area contributed by atoms with Gasteiger partial charge in [-0.15, -0.1) is 0 Å². The molecule has 1 atom stereocenters. The molecule has 0 amide bonds. The van der Waals surface area contributed by atoms with Crippen molar-refractivity contribution in [2.75, 3.05) is 12.4 Å². The minimum Gasteiger partial charge on any atom is -0.377 e. The van der Waals surface area contributed by atoms with Crippen LogP contribution in [0.5, 0.6) is 0 Å². The Kier molecular flexibility index (Phi) is 4.11. The van der Waals surface area contributed by atoms with Crippen molar-refractivity contribution in [3.63, 3.8) is 0 Å². The lowest BCUT2D eigenvalue weighted by atomic mass is 10.2. The van der Waals surface area contributed by atoms with Crippen molar-refractivity contribution < 1.29 is 4.74 Å². The SMILES string of the molecule is COCc1nc(Cl)cc(NC(C)c2cn[nH]c2)n1. The van der Waals surface area contributed by atoms with Gasteiger partial charge in [-0.3, -0.25) is 5.10 Å². The van der Waals surface area contributed by atoms with Crippen molar-refractivity contribution in [2.24, 2.45) is 0 Å². The van der Waals surface area contributed by atoms with Crippen molar-refractivity contribution in [1.82, 2.24) is 20.2 Å². The molecule has 2 aromatic heterocycles. The summed E-state index contributed by atoms with van der Waals surface area (Å²) in [5.41, 5.74) is 1.04. The van der Waals surface area contributed by atoms with E-state index in [9.17, 15) is 0 Å². The molecule has 2 N–H and O–H groups in total. The molecule has 0 saturated heterocycles. The molecular formula is C11H14ClN5O. The first-order valence-electron chi connectivity index (χ1n) is 5.46. The molecule has 0 aliphatic rings. The van der Waals surface area contributed by atoms with Crippen molar-refractivity contribution in [3.05, 3.63) is 35.0 Å². The van der Waals surface area contributed by atoms with Crippen LogP contribution in [-0.4, -0.2) is 27.3 Å². The second-order valence-corrected chi connectivity index (χ2v) is 4.21. The van der Waals surface area contributed by atoms with Gasteiger partial charge in [0.25, 0.3) is 0 Å². The standard InChI is InChI=1S/C11H14ClN5O/c1-7(8-4-13-14-5-8)15-10-3-9(12)16-11(17-10)6-18-2/h3-5,7H,6H2,1-2H3,(H,13,14)(H,15,16,17). The largest absolute Gasteiger partial charge is 0.377 e. The van der Waals surface area contributed by atoms with Gasteiger partial charge in [-0.05, 0) is 6.92 Å². The zero-order valence-corrected chi connectivity index (χ0v) is 10.9. The first kappa shape index (κ1) is 12.8. The molecule has 2 aromatic rings. The normalized spacial score (nSPS) is 12.4. The molecule has 96 valence electrons. The van der Waals surface area contributed by atoms with Gasteiger partial charge in [0, 0.05) is 24.9 Å². The molecule has 2 heterocycles. The van der Waals surface area contributed by atoms with Crippen LogP contribution in [0.25, 0.3) is 0 Å². The van der Waals surface area contributed by atoms with E-state index in [1.54, 1.807) is 19.4 Å². The van der Waals surface area contributed by atoms with Crippen molar-refractivity contribution >= 4 is 17.4 Å². The second kappa shape index (κ2) is 5.79. The number of hydrogen-bond donors (Lipinski definition) is 2. The predicted molar refractivity (Wildman–Crippen MR) is 68.4 cm³/mol. The number of anilines is 1. The van der Waals surface area contributed by atoms with Crippen LogP contribution in [0.2, 0.25) is 5.15 Å². The number of nitrogens with one attached hydrogen (secondary N) is 2. The summed E-state index contributed by atoms with van der Waals surface area (Å²) < 4.78 is 4.99. The Morgan fingerprint density at radius 3 is 3.00 bits per heavy atom. The summed E-state index contributed by atoms with van der Waals surface area (Å²) in [7, 11) is 1.59. The number of nitrogens with zero attached hydrogens (tertiary/aromatic N) is 3. The number of halogens is 1. The highest BCUT2D eigenvalue weighted by Gasteiger charge is 2.09. The van der Waals surface area contributed by atoms with E-state index in [2.05, 4.69) is 25.5 Å². The summed E-state index contributed by atoms with van der Waals surface area (Å²) in [5.74, 6) is 1.21. The molecule has 18 heavy (non-hydrogen) atoms. The highest BCUT2D eigenvalue weighted by atomic mass is 35.5. The van der Waals surface area contributed by atoms with Crippen LogP contribution in [0, 0.1) is 0 Å². The maximum Gasteiger partial charge on any atom is 0.158 e. The first-order valence-corrected chi connectivity index (χ1v) is 5.84. The van der Waals surface area contributed by atoms with Gasteiger partial charge in [-0.25, -0.2) is 9.97 Å². The van der Waals surface area contributed by atoms with Crippen molar-refractivity contribution in [1.29, 1.82) is 0 Å². The maximum atomic E-state index is 5.93. The number of rotatable bonds is 5. The van der Waals surface area contributed by atoms with E-state index in [4.69, 9.17) is 16.3 Å². The number of aromatic amines is 1. The lowest BCUT2D eigenvalue weighted by Crippen LogP contribution is -2.09. The Labute approximate surface area is 110 Å². The van der Waals surface area contributed by atoms with Gasteiger partial charge in [0.05, 0.1) is 12.2 Å². The van der Waals surface area contributed by atoms with Crippen LogP contribution in [-0.2, 0) is 11.3 Å². The Hall–Kier alpha value is -1.66. The third-order valence-corrected chi connectivity index (χ3v) is 2.59. The summed E-state index contributed by atoms with van der Waals surface area (Å²) in [6.07, 6.45) is 3.59. The minimum absolute atomic E-state index is 0.0742. The van der Waals surface area contributed by atoms with Crippen LogP contribution in [0.15, 0.2) is 18.5 Å². The van der Waals surface area contributed by atoms with E-state index >= 15 is 0 Å². The average Bonchev–Trinajstić information content (AvgIpc) is 2.81. The molecule has 2 rings (SSSR count). The van der Waals surface area contributed by atoms with Crippen LogP contribution in [0.4, 0.5) is 5.82 Å². The Morgan fingerprint density at radius 2 is 2.33 bits per heavy atom. The van der Waals surface area contributed by atoms with Crippen LogP contribution in [0.1, 0.15) is 24.4 Å². The maximum absolute atomic E-state index is 5.93. The zero-order valence-electron chi connectivity index (χ0n) is 10.1. The minimum atomic E-state index is 0.0742. The molecule has 0 saturated carbocycles. The van der Waals surface area contributed by atoms with Gasteiger partial charge in [0.15, 0.2) is 5.82 Å². The smallest absolute Gasteiger partial charge is 0.158 e. The Balaban J connectivity index is 2.13. The molecule has 0 aliphatic carbocycles. The monoisotopic (exact) mass is 267 g/mol. The third kappa shape index (κ3) is 3.18. The fourth-order valence-corrected chi connectivity index (χ4v) is 1.74. The van der Waals surface area contributed by atoms with Gasteiger partial charge >= 0.3 is 0 Å². The van der Waals surface area contributed by atoms with Gasteiger partial charge in [0.2, 0.25) is 0 Å². The molecule has 7 heteroatoms. The highest BCUT2D eigenvalue weighted by molar-refractivity contribution is 6.29. The molecule has 0 bridgehead atoms. The first-order chi connectivity index (χ1) is 8.69. The van der Waals surface area contributed by atoms with E-state index < -0.39 is 0 Å². The molecule has 0 radical (unpaired) electrons. The van der Waals surface area contributed by atoms with Crippen LogP contribution < -0.4 is 5.32 Å².